The van der Waals surface area contributed by atoms with Gasteiger partial charge in [0.2, 0.25) is 0 Å². The molecule has 0 heterocycles. The van der Waals surface area contributed by atoms with Gasteiger partial charge in [0.25, 0.3) is 0 Å². The number of carbonyl (C=O) groups excluding carboxylic acids is 2. The molecular weight excluding hydrogens is 325 g/mol. The number of ether oxygens (including phenoxy) is 2. The summed E-state index contributed by atoms with van der Waals surface area (Å²) in [7, 11) is 1.46. The first kappa shape index (κ1) is 19.4. The molecule has 1 aromatic rings. The van der Waals surface area contributed by atoms with Crippen LogP contribution in [0.15, 0.2) is 18.2 Å². The Hall–Kier alpha value is -1.66. The first-order valence-electron chi connectivity index (χ1n) is 7.09. The average Bonchev–Trinajstić information content (AvgIpc) is 2.35. The molecule has 1 N–H and O–H groups in total. The maximum Gasteiger partial charge on any atom is 0.407 e. The molecule has 1 aromatic carbocycles. The van der Waals surface area contributed by atoms with E-state index in [0.717, 1.165) is 12.1 Å². The number of nitrogens with one attached hydrogen (secondary N) is 1. The highest BCUT2D eigenvalue weighted by Gasteiger charge is 2.22. The van der Waals surface area contributed by atoms with Crippen molar-refractivity contribution < 1.29 is 23.5 Å². The van der Waals surface area contributed by atoms with Crippen molar-refractivity contribution in [1.82, 2.24) is 5.32 Å². The van der Waals surface area contributed by atoms with Gasteiger partial charge in [-0.05, 0) is 39.0 Å². The highest BCUT2D eigenvalue weighted by Crippen LogP contribution is 2.19. The zero-order chi connectivity index (χ0) is 17.6. The van der Waals surface area contributed by atoms with E-state index in [4.69, 9.17) is 21.1 Å². The SMILES string of the molecule is COCC(CC(=O)c1ccc(F)cc1Cl)NC(=O)OC(C)(C)C. The highest BCUT2D eigenvalue weighted by atomic mass is 35.5. The molecule has 1 amide bonds. The summed E-state index contributed by atoms with van der Waals surface area (Å²) in [6.45, 7) is 5.34. The lowest BCUT2D eigenvalue weighted by molar-refractivity contribution is 0.0464. The van der Waals surface area contributed by atoms with Gasteiger partial charge < -0.3 is 14.8 Å². The predicted octanol–water partition coefficient (Wildman–Crippen LogP) is 3.59. The molecule has 0 aliphatic carbocycles. The number of hydrogen-bond acceptors (Lipinski definition) is 4. The Morgan fingerprint density at radius 3 is 2.52 bits per heavy atom. The van der Waals surface area contributed by atoms with Crippen molar-refractivity contribution in [3.8, 4) is 0 Å². The van der Waals surface area contributed by atoms with E-state index in [1.54, 1.807) is 20.8 Å². The number of Topliss-reactive ketones (excluding diaryl/α,β-unsaturated/α-hetero) is 1. The van der Waals surface area contributed by atoms with Crippen molar-refractivity contribution in [3.05, 3.63) is 34.6 Å². The summed E-state index contributed by atoms with van der Waals surface area (Å²) >= 11 is 5.87. The van der Waals surface area contributed by atoms with Crippen LogP contribution in [-0.2, 0) is 9.47 Å². The molecule has 0 saturated heterocycles. The number of rotatable bonds is 6. The number of halogens is 2. The van der Waals surface area contributed by atoms with E-state index in [-0.39, 0.29) is 29.4 Å². The van der Waals surface area contributed by atoms with Crippen LogP contribution < -0.4 is 5.32 Å². The lowest BCUT2D eigenvalue weighted by Gasteiger charge is -2.23. The quantitative estimate of drug-likeness (QED) is 0.800. The molecule has 0 aliphatic heterocycles. The van der Waals surface area contributed by atoms with Gasteiger partial charge in [-0.2, -0.15) is 0 Å². The first-order valence-corrected chi connectivity index (χ1v) is 7.47. The fourth-order valence-electron chi connectivity index (χ4n) is 1.88. The van der Waals surface area contributed by atoms with Crippen LogP contribution in [0.4, 0.5) is 9.18 Å². The van der Waals surface area contributed by atoms with Gasteiger partial charge in [0, 0.05) is 19.1 Å². The van der Waals surface area contributed by atoms with Crippen molar-refractivity contribution in [3.63, 3.8) is 0 Å². The molecule has 0 aliphatic rings. The molecule has 0 aromatic heterocycles. The summed E-state index contributed by atoms with van der Waals surface area (Å²) in [6.07, 6.45) is -0.684. The summed E-state index contributed by atoms with van der Waals surface area (Å²) in [4.78, 5) is 24.1. The Morgan fingerprint density at radius 1 is 1.35 bits per heavy atom. The third-order valence-electron chi connectivity index (χ3n) is 2.75. The van der Waals surface area contributed by atoms with E-state index in [2.05, 4.69) is 5.32 Å². The summed E-state index contributed by atoms with van der Waals surface area (Å²) in [5.41, 5.74) is -0.452. The normalized spacial score (nSPS) is 12.6. The molecule has 128 valence electrons. The fraction of sp³-hybridized carbons (Fsp3) is 0.500. The second-order valence-electron chi connectivity index (χ2n) is 6.05. The van der Waals surface area contributed by atoms with Crippen LogP contribution >= 0.6 is 11.6 Å². The summed E-state index contributed by atoms with van der Waals surface area (Å²) in [6, 6.07) is 2.97. The van der Waals surface area contributed by atoms with E-state index >= 15 is 0 Å². The standard InChI is InChI=1S/C16H21ClFNO4/c1-16(2,3)23-15(21)19-11(9-22-4)8-14(20)12-6-5-10(18)7-13(12)17/h5-7,11H,8-9H2,1-4H3,(H,19,21). The second kappa shape index (κ2) is 8.26. The van der Waals surface area contributed by atoms with E-state index in [9.17, 15) is 14.0 Å². The summed E-state index contributed by atoms with van der Waals surface area (Å²) < 4.78 is 23.2. The smallest absolute Gasteiger partial charge is 0.407 e. The van der Waals surface area contributed by atoms with Crippen LogP contribution in [0.1, 0.15) is 37.6 Å². The molecule has 1 rings (SSSR count). The maximum atomic E-state index is 13.0. The number of benzene rings is 1. The van der Waals surface area contributed by atoms with Crippen LogP contribution in [0.5, 0.6) is 0 Å². The van der Waals surface area contributed by atoms with Gasteiger partial charge in [0.1, 0.15) is 11.4 Å². The van der Waals surface area contributed by atoms with Gasteiger partial charge in [-0.15, -0.1) is 0 Å². The zero-order valence-corrected chi connectivity index (χ0v) is 14.4. The molecule has 0 saturated carbocycles. The summed E-state index contributed by atoms with van der Waals surface area (Å²) in [5.74, 6) is -0.847. The van der Waals surface area contributed by atoms with Crippen LogP contribution in [0.3, 0.4) is 0 Å². The Labute approximate surface area is 140 Å². The van der Waals surface area contributed by atoms with Crippen molar-refractivity contribution in [2.45, 2.75) is 38.8 Å². The fourth-order valence-corrected chi connectivity index (χ4v) is 2.15. The van der Waals surface area contributed by atoms with Gasteiger partial charge in [-0.25, -0.2) is 9.18 Å². The molecule has 5 nitrogen and oxygen atoms in total. The van der Waals surface area contributed by atoms with E-state index in [1.807, 2.05) is 0 Å². The Balaban J connectivity index is 2.75. The Morgan fingerprint density at radius 2 is 2.00 bits per heavy atom. The zero-order valence-electron chi connectivity index (χ0n) is 13.6. The number of hydrogen-bond donors (Lipinski definition) is 1. The molecular formula is C16H21ClFNO4. The van der Waals surface area contributed by atoms with Gasteiger partial charge in [-0.3, -0.25) is 4.79 Å². The Bertz CT molecular complexity index is 572. The molecule has 0 spiro atoms. The minimum absolute atomic E-state index is 0.0310. The molecule has 0 bridgehead atoms. The lowest BCUT2D eigenvalue weighted by atomic mass is 10.0. The Kier molecular flexibility index (Phi) is 6.97. The molecule has 1 atom stereocenters. The lowest BCUT2D eigenvalue weighted by Crippen LogP contribution is -2.42. The number of ketones is 1. The van der Waals surface area contributed by atoms with Crippen LogP contribution in [0.2, 0.25) is 5.02 Å². The third kappa shape index (κ3) is 6.97. The average molecular weight is 346 g/mol. The topological polar surface area (TPSA) is 64.6 Å². The van der Waals surface area contributed by atoms with E-state index in [0.29, 0.717) is 0 Å². The van der Waals surface area contributed by atoms with Gasteiger partial charge >= 0.3 is 6.09 Å². The van der Waals surface area contributed by atoms with Crippen molar-refractivity contribution in [2.24, 2.45) is 0 Å². The van der Waals surface area contributed by atoms with Gasteiger partial charge in [0.05, 0.1) is 17.7 Å². The largest absolute Gasteiger partial charge is 0.444 e. The van der Waals surface area contributed by atoms with Crippen molar-refractivity contribution >= 4 is 23.5 Å². The van der Waals surface area contributed by atoms with Gasteiger partial charge in [-0.1, -0.05) is 11.6 Å². The van der Waals surface area contributed by atoms with Gasteiger partial charge in [0.15, 0.2) is 5.78 Å². The van der Waals surface area contributed by atoms with Crippen LogP contribution in [-0.4, -0.2) is 37.2 Å². The first-order chi connectivity index (χ1) is 10.6. The molecule has 23 heavy (non-hydrogen) atoms. The predicted molar refractivity (Wildman–Crippen MR) is 85.4 cm³/mol. The van der Waals surface area contributed by atoms with E-state index < -0.39 is 23.6 Å². The molecule has 1 unspecified atom stereocenters. The van der Waals surface area contributed by atoms with Crippen LogP contribution in [0, 0.1) is 5.82 Å². The summed E-state index contributed by atoms with van der Waals surface area (Å²) in [5, 5.41) is 2.61. The number of carbonyl (C=O) groups is 2. The van der Waals surface area contributed by atoms with Crippen molar-refractivity contribution in [1.29, 1.82) is 0 Å². The number of amides is 1. The molecule has 0 fully saturated rings. The minimum Gasteiger partial charge on any atom is -0.444 e. The highest BCUT2D eigenvalue weighted by molar-refractivity contribution is 6.34. The third-order valence-corrected chi connectivity index (χ3v) is 3.06. The van der Waals surface area contributed by atoms with Crippen LogP contribution in [0.25, 0.3) is 0 Å². The molecule has 0 radical (unpaired) electrons. The maximum absolute atomic E-state index is 13.0. The molecule has 7 heteroatoms. The van der Waals surface area contributed by atoms with E-state index in [1.165, 1.54) is 13.2 Å². The van der Waals surface area contributed by atoms with Crippen molar-refractivity contribution in [2.75, 3.05) is 13.7 Å². The monoisotopic (exact) mass is 345 g/mol. The number of methoxy groups -OCH3 is 1. The number of alkyl carbamates (subject to hydrolysis) is 1. The second-order valence-corrected chi connectivity index (χ2v) is 6.46. The minimum atomic E-state index is -0.647.